The van der Waals surface area contributed by atoms with Crippen LogP contribution in [0, 0.1) is 5.82 Å². The molecule has 3 rings (SSSR count). The number of thiophene rings is 1. The Bertz CT molecular complexity index is 805. The van der Waals surface area contributed by atoms with Gasteiger partial charge in [-0.2, -0.15) is 0 Å². The smallest absolute Gasteiger partial charge is 0.265 e. The molecular weight excluding hydrogens is 315 g/mol. The second-order valence-electron chi connectivity index (χ2n) is 4.76. The van der Waals surface area contributed by atoms with Gasteiger partial charge in [0.1, 0.15) is 18.2 Å². The van der Waals surface area contributed by atoms with Gasteiger partial charge in [0, 0.05) is 29.7 Å². The van der Waals surface area contributed by atoms with Gasteiger partial charge in [-0.3, -0.25) is 9.78 Å². The molecule has 0 fully saturated rings. The Morgan fingerprint density at radius 3 is 2.83 bits per heavy atom. The number of ether oxygens (including phenoxy) is 1. The number of carbonyl (C=O) groups excluding carboxylic acids is 1. The van der Waals surface area contributed by atoms with Gasteiger partial charge in [0.05, 0.1) is 4.88 Å². The van der Waals surface area contributed by atoms with E-state index in [1.54, 1.807) is 42.7 Å². The lowest BCUT2D eigenvalue weighted by Gasteiger charge is -2.04. The fourth-order valence-electron chi connectivity index (χ4n) is 1.92. The van der Waals surface area contributed by atoms with Crippen molar-refractivity contribution in [3.8, 4) is 5.75 Å². The normalized spacial score (nSPS) is 10.3. The second-order valence-corrected chi connectivity index (χ2v) is 5.67. The quantitative estimate of drug-likeness (QED) is 0.767. The fraction of sp³-hybridized carbons (Fsp3) is 0.0588. The van der Waals surface area contributed by atoms with Crippen LogP contribution in [0.25, 0.3) is 0 Å². The third-order valence-electron chi connectivity index (χ3n) is 3.02. The number of pyridine rings is 1. The molecule has 0 radical (unpaired) electrons. The van der Waals surface area contributed by atoms with E-state index in [1.807, 2.05) is 5.38 Å². The molecule has 0 bridgehead atoms. The monoisotopic (exact) mass is 328 g/mol. The molecule has 6 heteroatoms. The number of nitrogens with one attached hydrogen (secondary N) is 1. The summed E-state index contributed by atoms with van der Waals surface area (Å²) < 4.78 is 18.6. The fourth-order valence-corrected chi connectivity index (χ4v) is 2.71. The molecule has 0 aliphatic carbocycles. The maximum atomic E-state index is 13.1. The van der Waals surface area contributed by atoms with E-state index in [2.05, 4.69) is 10.3 Å². The van der Waals surface area contributed by atoms with Crippen LogP contribution in [0.15, 0.2) is 60.2 Å². The Kier molecular flexibility index (Phi) is 4.63. The predicted molar refractivity (Wildman–Crippen MR) is 87.2 cm³/mol. The molecule has 0 atom stereocenters. The highest BCUT2D eigenvalue weighted by molar-refractivity contribution is 7.12. The number of amides is 1. The molecule has 1 N–H and O–H groups in total. The van der Waals surface area contributed by atoms with Crippen LogP contribution in [0.3, 0.4) is 0 Å². The van der Waals surface area contributed by atoms with Crippen molar-refractivity contribution in [1.82, 2.24) is 4.98 Å². The lowest BCUT2D eigenvalue weighted by molar-refractivity contribution is 0.103. The van der Waals surface area contributed by atoms with Crippen molar-refractivity contribution in [2.75, 3.05) is 5.32 Å². The summed E-state index contributed by atoms with van der Waals surface area (Å²) >= 11 is 1.33. The minimum atomic E-state index is -0.342. The van der Waals surface area contributed by atoms with Crippen LogP contribution in [-0.2, 0) is 6.61 Å². The molecule has 23 heavy (non-hydrogen) atoms. The average Bonchev–Trinajstić information content (AvgIpc) is 3.03. The highest BCUT2D eigenvalue weighted by atomic mass is 32.1. The van der Waals surface area contributed by atoms with Crippen LogP contribution >= 0.6 is 11.3 Å². The van der Waals surface area contributed by atoms with E-state index in [-0.39, 0.29) is 18.3 Å². The van der Waals surface area contributed by atoms with Gasteiger partial charge in [-0.15, -0.1) is 11.3 Å². The van der Waals surface area contributed by atoms with Gasteiger partial charge in [-0.25, -0.2) is 4.39 Å². The molecule has 116 valence electrons. The van der Waals surface area contributed by atoms with Crippen molar-refractivity contribution >= 4 is 22.9 Å². The van der Waals surface area contributed by atoms with Crippen LogP contribution in [0.2, 0.25) is 0 Å². The van der Waals surface area contributed by atoms with Crippen LogP contribution in [0.1, 0.15) is 15.2 Å². The Hall–Kier alpha value is -2.73. The van der Waals surface area contributed by atoms with Crippen molar-refractivity contribution in [3.05, 3.63) is 76.5 Å². The van der Waals surface area contributed by atoms with Crippen LogP contribution in [0.5, 0.6) is 5.75 Å². The van der Waals surface area contributed by atoms with E-state index in [0.29, 0.717) is 16.3 Å². The molecule has 0 saturated carbocycles. The van der Waals surface area contributed by atoms with Crippen LogP contribution in [-0.4, -0.2) is 10.9 Å². The molecular formula is C17H13FN2O2S. The topological polar surface area (TPSA) is 51.2 Å². The summed E-state index contributed by atoms with van der Waals surface area (Å²) in [5.74, 6) is -0.0672. The zero-order valence-electron chi connectivity index (χ0n) is 12.0. The van der Waals surface area contributed by atoms with Crippen LogP contribution in [0.4, 0.5) is 10.1 Å². The van der Waals surface area contributed by atoms with Crippen molar-refractivity contribution in [2.45, 2.75) is 6.61 Å². The second kappa shape index (κ2) is 7.02. The lowest BCUT2D eigenvalue weighted by atomic mass is 10.3. The number of hydrogen-bond acceptors (Lipinski definition) is 4. The molecule has 4 nitrogen and oxygen atoms in total. The van der Waals surface area contributed by atoms with Gasteiger partial charge in [0.25, 0.3) is 5.91 Å². The van der Waals surface area contributed by atoms with Crippen LogP contribution < -0.4 is 10.1 Å². The number of anilines is 1. The summed E-state index contributed by atoms with van der Waals surface area (Å²) in [5.41, 5.74) is 1.55. The molecule has 2 heterocycles. The van der Waals surface area contributed by atoms with Gasteiger partial charge in [-0.1, -0.05) is 6.07 Å². The first-order chi connectivity index (χ1) is 11.2. The summed E-state index contributed by atoms with van der Waals surface area (Å²) in [7, 11) is 0. The number of halogens is 1. The number of benzene rings is 1. The SMILES string of the molecule is O=C(Nc1ccncc1)c1cc(COc2cccc(F)c2)cs1. The molecule has 1 amide bonds. The maximum absolute atomic E-state index is 13.1. The van der Waals surface area contributed by atoms with Gasteiger partial charge in [-0.05, 0) is 35.7 Å². The van der Waals surface area contributed by atoms with Crippen molar-refractivity contribution < 1.29 is 13.9 Å². The van der Waals surface area contributed by atoms with E-state index < -0.39 is 0 Å². The first-order valence-corrected chi connectivity index (χ1v) is 7.76. The summed E-state index contributed by atoms with van der Waals surface area (Å²) in [5, 5.41) is 4.64. The van der Waals surface area contributed by atoms with E-state index in [9.17, 15) is 9.18 Å². The number of carbonyl (C=O) groups is 1. The third-order valence-corrected chi connectivity index (χ3v) is 4.00. The lowest BCUT2D eigenvalue weighted by Crippen LogP contribution is -2.10. The minimum Gasteiger partial charge on any atom is -0.489 e. The Labute approximate surface area is 136 Å². The van der Waals surface area contributed by atoms with Gasteiger partial charge < -0.3 is 10.1 Å². The van der Waals surface area contributed by atoms with Crippen molar-refractivity contribution in [2.24, 2.45) is 0 Å². The van der Waals surface area contributed by atoms with E-state index in [1.165, 1.54) is 23.5 Å². The first-order valence-electron chi connectivity index (χ1n) is 6.88. The molecule has 0 saturated heterocycles. The zero-order valence-corrected chi connectivity index (χ0v) is 12.8. The summed E-state index contributed by atoms with van der Waals surface area (Å²) in [6.45, 7) is 0.280. The first kappa shape index (κ1) is 15.2. The average molecular weight is 328 g/mol. The highest BCUT2D eigenvalue weighted by Gasteiger charge is 2.10. The summed E-state index contributed by atoms with van der Waals surface area (Å²) in [6.07, 6.45) is 3.23. The zero-order chi connectivity index (χ0) is 16.1. The molecule has 2 aromatic heterocycles. The third kappa shape index (κ3) is 4.14. The van der Waals surface area contributed by atoms with E-state index in [0.717, 1.165) is 5.56 Å². The Morgan fingerprint density at radius 2 is 2.04 bits per heavy atom. The molecule has 0 unspecified atom stereocenters. The molecule has 3 aromatic rings. The van der Waals surface area contributed by atoms with Crippen molar-refractivity contribution in [1.29, 1.82) is 0 Å². The van der Waals surface area contributed by atoms with Crippen molar-refractivity contribution in [3.63, 3.8) is 0 Å². The summed E-state index contributed by atoms with van der Waals surface area (Å²) in [6, 6.07) is 11.2. The van der Waals surface area contributed by atoms with Gasteiger partial charge in [0.2, 0.25) is 0 Å². The maximum Gasteiger partial charge on any atom is 0.265 e. The van der Waals surface area contributed by atoms with E-state index >= 15 is 0 Å². The summed E-state index contributed by atoms with van der Waals surface area (Å²) in [4.78, 5) is 16.6. The molecule has 0 aliphatic rings. The minimum absolute atomic E-state index is 0.182. The largest absolute Gasteiger partial charge is 0.489 e. The molecule has 1 aromatic carbocycles. The number of rotatable bonds is 5. The predicted octanol–water partition coefficient (Wildman–Crippen LogP) is 4.11. The highest BCUT2D eigenvalue weighted by Crippen LogP contribution is 2.19. The van der Waals surface area contributed by atoms with E-state index in [4.69, 9.17) is 4.74 Å². The van der Waals surface area contributed by atoms with Gasteiger partial charge in [0.15, 0.2) is 0 Å². The number of nitrogens with zero attached hydrogens (tertiary/aromatic N) is 1. The van der Waals surface area contributed by atoms with Gasteiger partial charge >= 0.3 is 0 Å². The number of hydrogen-bond donors (Lipinski definition) is 1. The Morgan fingerprint density at radius 1 is 1.22 bits per heavy atom. The molecule has 0 spiro atoms. The number of aromatic nitrogens is 1. The standard InChI is InChI=1S/C17H13FN2O2S/c18-13-2-1-3-15(9-13)22-10-12-8-16(23-11-12)17(21)20-14-4-6-19-7-5-14/h1-9,11H,10H2,(H,19,20,21). The Balaban J connectivity index is 1.60. The molecule has 0 aliphatic heterocycles.